The zero-order chi connectivity index (χ0) is 27.1. The maximum atomic E-state index is 15.6. The molecule has 1 aliphatic rings. The quantitative estimate of drug-likeness (QED) is 0.306. The predicted molar refractivity (Wildman–Crippen MR) is 137 cm³/mol. The average Bonchev–Trinajstić information content (AvgIpc) is 2.92. The molecule has 1 saturated carbocycles. The van der Waals surface area contributed by atoms with Crippen LogP contribution in [0.15, 0.2) is 36.5 Å². The third-order valence-corrected chi connectivity index (χ3v) is 7.17. The highest BCUT2D eigenvalue weighted by Gasteiger charge is 2.37. The number of carbonyl (C=O) groups excluding carboxylic acids is 3. The Bertz CT molecular complexity index is 1150. The molecule has 0 unspecified atom stereocenters. The van der Waals surface area contributed by atoms with E-state index in [2.05, 4.69) is 15.6 Å². The fourth-order valence-electron chi connectivity index (χ4n) is 4.82. The lowest BCUT2D eigenvalue weighted by atomic mass is 9.78. The Morgan fingerprint density at radius 3 is 2.32 bits per heavy atom. The number of aromatic nitrogens is 1. The summed E-state index contributed by atoms with van der Waals surface area (Å²) in [6, 6.07) is 4.67. The molecule has 3 rings (SSSR count). The van der Waals surface area contributed by atoms with Crippen molar-refractivity contribution in [2.75, 3.05) is 7.05 Å². The van der Waals surface area contributed by atoms with Crippen LogP contribution in [0.5, 0.6) is 0 Å². The van der Waals surface area contributed by atoms with Gasteiger partial charge in [0.2, 0.25) is 11.7 Å². The summed E-state index contributed by atoms with van der Waals surface area (Å²) < 4.78 is 28.9. The number of hydrogen-bond acceptors (Lipinski definition) is 6. The maximum absolute atomic E-state index is 15.6. The van der Waals surface area contributed by atoms with Crippen LogP contribution in [0.25, 0.3) is 0 Å². The van der Waals surface area contributed by atoms with E-state index in [-0.39, 0.29) is 35.1 Å². The van der Waals surface area contributed by atoms with Gasteiger partial charge in [-0.3, -0.25) is 14.4 Å². The number of likely N-dealkylation sites (N-methyl/N-ethyl adjacent to an activating group) is 1. The molecule has 198 valence electrons. The fraction of sp³-hybridized carbons (Fsp3) is 0.464. The molecule has 0 saturated heterocycles. The van der Waals surface area contributed by atoms with E-state index >= 15 is 4.39 Å². The minimum atomic E-state index is -0.931. The Hall–Kier alpha value is -3.33. The smallest absolute Gasteiger partial charge is 0.237 e. The van der Waals surface area contributed by atoms with Gasteiger partial charge >= 0.3 is 0 Å². The number of Topliss-reactive ketones (excluding diaryl/α,β-unsaturated/α-hetero) is 1. The van der Waals surface area contributed by atoms with E-state index < -0.39 is 46.9 Å². The monoisotopic (exact) mass is 512 g/mol. The first-order chi connectivity index (χ1) is 17.7. The molecule has 1 heterocycles. The second kappa shape index (κ2) is 12.8. The Kier molecular flexibility index (Phi) is 9.74. The van der Waals surface area contributed by atoms with Crippen molar-refractivity contribution in [3.05, 3.63) is 65.0 Å². The minimum absolute atomic E-state index is 0.0126. The van der Waals surface area contributed by atoms with Crippen molar-refractivity contribution >= 4 is 23.2 Å². The topological polar surface area (TPSA) is 112 Å². The summed E-state index contributed by atoms with van der Waals surface area (Å²) in [6.07, 6.45) is 5.94. The van der Waals surface area contributed by atoms with Gasteiger partial charge in [0.05, 0.1) is 17.8 Å². The molecule has 1 aliphatic carbocycles. The van der Waals surface area contributed by atoms with Crippen molar-refractivity contribution in [3.63, 3.8) is 0 Å². The summed E-state index contributed by atoms with van der Waals surface area (Å²) in [5, 5.41) is 14.5. The Morgan fingerprint density at radius 2 is 1.73 bits per heavy atom. The van der Waals surface area contributed by atoms with Crippen LogP contribution in [0.3, 0.4) is 0 Å². The molecule has 0 radical (unpaired) electrons. The lowest BCUT2D eigenvalue weighted by molar-refractivity contribution is -0.127. The van der Waals surface area contributed by atoms with Crippen LogP contribution in [0, 0.1) is 23.0 Å². The van der Waals surface area contributed by atoms with Gasteiger partial charge in [-0.05, 0) is 69.5 Å². The SMILES string of the molecule is CC[C@H](C(=N)C(=O)[C@@H](NC(=O)[C@H](C)NC)C1CCCCC1)c1ccnc(C(=O)c2ccc(F)cc2)c1F. The first kappa shape index (κ1) is 28.2. The lowest BCUT2D eigenvalue weighted by Gasteiger charge is -2.32. The van der Waals surface area contributed by atoms with Gasteiger partial charge in [0.15, 0.2) is 11.6 Å². The van der Waals surface area contributed by atoms with Crippen molar-refractivity contribution in [2.45, 2.75) is 70.4 Å². The highest BCUT2D eigenvalue weighted by atomic mass is 19.1. The maximum Gasteiger partial charge on any atom is 0.237 e. The van der Waals surface area contributed by atoms with E-state index in [1.807, 2.05) is 0 Å². The van der Waals surface area contributed by atoms with Gasteiger partial charge in [0.25, 0.3) is 0 Å². The fourth-order valence-corrected chi connectivity index (χ4v) is 4.82. The normalized spacial score (nSPS) is 16.5. The van der Waals surface area contributed by atoms with E-state index in [1.54, 1.807) is 20.9 Å². The Morgan fingerprint density at radius 1 is 1.08 bits per heavy atom. The largest absolute Gasteiger partial charge is 0.344 e. The van der Waals surface area contributed by atoms with E-state index in [0.29, 0.717) is 0 Å². The van der Waals surface area contributed by atoms with Gasteiger partial charge < -0.3 is 16.0 Å². The molecule has 0 spiro atoms. The van der Waals surface area contributed by atoms with Crippen LogP contribution in [-0.2, 0) is 9.59 Å². The Balaban J connectivity index is 1.91. The number of halogens is 2. The van der Waals surface area contributed by atoms with Crippen molar-refractivity contribution in [1.82, 2.24) is 15.6 Å². The standard InChI is InChI=1S/C28H34F2N4O3/c1-4-20(21-14-15-33-25(22(21)30)26(35)18-10-12-19(29)13-11-18)23(31)27(36)24(17-8-6-5-7-9-17)34-28(37)16(2)32-3/h10-17,20,24,31-32H,4-9H2,1-3H3,(H,34,37)/t16-,20-,24-/m0/s1. The van der Waals surface area contributed by atoms with Crippen LogP contribution in [0.4, 0.5) is 8.78 Å². The third kappa shape index (κ3) is 6.52. The van der Waals surface area contributed by atoms with E-state index in [0.717, 1.165) is 44.2 Å². The predicted octanol–water partition coefficient (Wildman–Crippen LogP) is 4.35. The molecule has 7 nitrogen and oxygen atoms in total. The summed E-state index contributed by atoms with van der Waals surface area (Å²) in [5.41, 5.74) is -0.690. The van der Waals surface area contributed by atoms with Gasteiger partial charge in [-0.15, -0.1) is 0 Å². The van der Waals surface area contributed by atoms with E-state index in [4.69, 9.17) is 5.41 Å². The number of carbonyl (C=O) groups is 3. The molecule has 1 fully saturated rings. The van der Waals surface area contributed by atoms with Gasteiger partial charge in [-0.1, -0.05) is 26.2 Å². The number of ketones is 2. The molecule has 1 aromatic heterocycles. The van der Waals surface area contributed by atoms with Crippen molar-refractivity contribution in [2.24, 2.45) is 5.92 Å². The number of rotatable bonds is 11. The molecule has 0 bridgehead atoms. The van der Waals surface area contributed by atoms with E-state index in [1.165, 1.54) is 24.4 Å². The molecule has 2 aromatic rings. The van der Waals surface area contributed by atoms with Gasteiger partial charge in [0, 0.05) is 23.2 Å². The third-order valence-electron chi connectivity index (χ3n) is 7.17. The molecular formula is C28H34F2N4O3. The minimum Gasteiger partial charge on any atom is -0.344 e. The van der Waals surface area contributed by atoms with Crippen molar-refractivity contribution in [1.29, 1.82) is 5.41 Å². The van der Waals surface area contributed by atoms with Gasteiger partial charge in [-0.25, -0.2) is 13.8 Å². The van der Waals surface area contributed by atoms with Gasteiger partial charge in [0.1, 0.15) is 11.5 Å². The number of hydrogen-bond donors (Lipinski definition) is 3. The van der Waals surface area contributed by atoms with Crippen LogP contribution >= 0.6 is 0 Å². The van der Waals surface area contributed by atoms with Crippen LogP contribution in [0.1, 0.15) is 79.9 Å². The molecule has 3 N–H and O–H groups in total. The van der Waals surface area contributed by atoms with E-state index in [9.17, 15) is 18.8 Å². The summed E-state index contributed by atoms with van der Waals surface area (Å²) in [4.78, 5) is 43.1. The molecular weight excluding hydrogens is 478 g/mol. The summed E-state index contributed by atoms with van der Waals surface area (Å²) in [6.45, 7) is 3.41. The summed E-state index contributed by atoms with van der Waals surface area (Å²) >= 11 is 0. The second-order valence-corrected chi connectivity index (χ2v) is 9.53. The van der Waals surface area contributed by atoms with Crippen molar-refractivity contribution < 1.29 is 23.2 Å². The number of pyridine rings is 1. The highest BCUT2D eigenvalue weighted by Crippen LogP contribution is 2.31. The molecule has 1 amide bonds. The molecule has 1 aromatic carbocycles. The van der Waals surface area contributed by atoms with Crippen LogP contribution in [-0.4, -0.2) is 47.3 Å². The number of amides is 1. The van der Waals surface area contributed by atoms with Crippen LogP contribution in [0.2, 0.25) is 0 Å². The summed E-state index contributed by atoms with van der Waals surface area (Å²) in [7, 11) is 1.65. The van der Waals surface area contributed by atoms with Crippen molar-refractivity contribution in [3.8, 4) is 0 Å². The Labute approximate surface area is 216 Å². The number of benzene rings is 1. The molecule has 37 heavy (non-hydrogen) atoms. The molecule has 0 aliphatic heterocycles. The zero-order valence-corrected chi connectivity index (χ0v) is 21.4. The average molecular weight is 513 g/mol. The number of nitrogens with one attached hydrogen (secondary N) is 3. The highest BCUT2D eigenvalue weighted by molar-refractivity contribution is 6.42. The van der Waals surface area contributed by atoms with Gasteiger partial charge in [-0.2, -0.15) is 0 Å². The summed E-state index contributed by atoms with van der Waals surface area (Å²) in [5.74, 6) is -4.08. The van der Waals surface area contributed by atoms with Crippen LogP contribution < -0.4 is 10.6 Å². The lowest BCUT2D eigenvalue weighted by Crippen LogP contribution is -2.53. The first-order valence-electron chi connectivity index (χ1n) is 12.7. The molecule has 9 heteroatoms. The molecule has 3 atom stereocenters. The first-order valence-corrected chi connectivity index (χ1v) is 12.7. The zero-order valence-electron chi connectivity index (χ0n) is 21.4. The number of nitrogens with zero attached hydrogens (tertiary/aromatic N) is 1. The second-order valence-electron chi connectivity index (χ2n) is 9.53.